The van der Waals surface area contributed by atoms with Gasteiger partial charge in [0.05, 0.1) is 31.0 Å². The van der Waals surface area contributed by atoms with Crippen molar-refractivity contribution in [2.45, 2.75) is 0 Å². The zero-order valence-electron chi connectivity index (χ0n) is 17.4. The zero-order chi connectivity index (χ0) is 23.1. The van der Waals surface area contributed by atoms with Gasteiger partial charge in [-0.15, -0.1) is 0 Å². The van der Waals surface area contributed by atoms with Crippen LogP contribution in [0.15, 0.2) is 72.8 Å². The Morgan fingerprint density at radius 3 is 1.97 bits per heavy atom. The number of esters is 2. The predicted octanol–water partition coefficient (Wildman–Crippen LogP) is 3.76. The summed E-state index contributed by atoms with van der Waals surface area (Å²) in [5, 5.41) is 5.35. The van der Waals surface area contributed by atoms with Crippen molar-refractivity contribution < 1.29 is 28.7 Å². The number of methoxy groups -OCH3 is 2. The summed E-state index contributed by atoms with van der Waals surface area (Å²) in [7, 11) is 2.44. The van der Waals surface area contributed by atoms with Gasteiger partial charge in [0.2, 0.25) is 0 Å². The van der Waals surface area contributed by atoms with Crippen LogP contribution in [-0.4, -0.2) is 38.0 Å². The number of hydrogen-bond acceptors (Lipinski definition) is 6. The maximum atomic E-state index is 12.8. The summed E-state index contributed by atoms with van der Waals surface area (Å²) in [6.45, 7) is 0. The summed E-state index contributed by atoms with van der Waals surface area (Å²) < 4.78 is 9.43. The molecule has 162 valence electrons. The Bertz CT molecular complexity index is 1170. The van der Waals surface area contributed by atoms with Crippen LogP contribution in [0.4, 0.5) is 11.4 Å². The first kappa shape index (κ1) is 22.2. The first-order valence-corrected chi connectivity index (χ1v) is 9.51. The summed E-state index contributed by atoms with van der Waals surface area (Å²) in [5.74, 6) is -2.17. The van der Waals surface area contributed by atoms with E-state index in [0.717, 1.165) is 0 Å². The fourth-order valence-corrected chi connectivity index (χ4v) is 2.91. The topological polar surface area (TPSA) is 111 Å². The lowest BCUT2D eigenvalue weighted by Gasteiger charge is -2.12. The van der Waals surface area contributed by atoms with E-state index in [1.165, 1.54) is 38.5 Å². The molecule has 8 heteroatoms. The Morgan fingerprint density at radius 2 is 1.28 bits per heavy atom. The zero-order valence-corrected chi connectivity index (χ0v) is 17.4. The number of hydrogen-bond donors (Lipinski definition) is 2. The molecular weight excluding hydrogens is 412 g/mol. The van der Waals surface area contributed by atoms with Crippen LogP contribution in [0.1, 0.15) is 41.4 Å². The highest BCUT2D eigenvalue weighted by Crippen LogP contribution is 2.21. The summed E-state index contributed by atoms with van der Waals surface area (Å²) in [5.41, 5.74) is 1.44. The second-order valence-corrected chi connectivity index (χ2v) is 6.60. The average Bonchev–Trinajstić information content (AvgIpc) is 2.83. The van der Waals surface area contributed by atoms with Crippen LogP contribution in [0, 0.1) is 0 Å². The van der Waals surface area contributed by atoms with E-state index in [4.69, 9.17) is 4.74 Å². The predicted molar refractivity (Wildman–Crippen MR) is 118 cm³/mol. The molecule has 0 bridgehead atoms. The maximum absolute atomic E-state index is 12.8. The van der Waals surface area contributed by atoms with Crippen molar-refractivity contribution in [3.8, 4) is 0 Å². The Labute approximate surface area is 184 Å². The van der Waals surface area contributed by atoms with Crippen LogP contribution < -0.4 is 10.6 Å². The van der Waals surface area contributed by atoms with Crippen molar-refractivity contribution in [3.63, 3.8) is 0 Å². The SMILES string of the molecule is COC(=O)c1ccc(C(=O)OC)c(NC(=O)c2cccc(NC(=O)c3ccccc3)c2)c1. The molecule has 0 aliphatic rings. The summed E-state index contributed by atoms with van der Waals surface area (Å²) in [4.78, 5) is 49.1. The number of nitrogens with one attached hydrogen (secondary N) is 2. The molecule has 0 saturated heterocycles. The van der Waals surface area contributed by atoms with Crippen LogP contribution in [-0.2, 0) is 9.47 Å². The molecule has 0 atom stereocenters. The molecule has 2 N–H and O–H groups in total. The van der Waals surface area contributed by atoms with Gasteiger partial charge in [-0.2, -0.15) is 0 Å². The lowest BCUT2D eigenvalue weighted by Crippen LogP contribution is -2.17. The van der Waals surface area contributed by atoms with Crippen molar-refractivity contribution >= 4 is 35.1 Å². The molecule has 0 heterocycles. The van der Waals surface area contributed by atoms with Crippen molar-refractivity contribution in [2.24, 2.45) is 0 Å². The van der Waals surface area contributed by atoms with Gasteiger partial charge in [0.25, 0.3) is 11.8 Å². The van der Waals surface area contributed by atoms with Gasteiger partial charge in [-0.25, -0.2) is 9.59 Å². The first-order valence-electron chi connectivity index (χ1n) is 9.51. The van der Waals surface area contributed by atoms with Gasteiger partial charge in [-0.3, -0.25) is 9.59 Å². The Balaban J connectivity index is 1.84. The van der Waals surface area contributed by atoms with Gasteiger partial charge in [-0.05, 0) is 48.5 Å². The normalized spacial score (nSPS) is 10.1. The molecule has 0 radical (unpaired) electrons. The van der Waals surface area contributed by atoms with Crippen molar-refractivity contribution in [1.82, 2.24) is 0 Å². The fourth-order valence-electron chi connectivity index (χ4n) is 2.91. The Kier molecular flexibility index (Phi) is 6.97. The standard InChI is InChI=1S/C24H20N2O6/c1-31-23(29)17-11-12-19(24(30)32-2)20(14-17)26-22(28)16-9-6-10-18(13-16)25-21(27)15-7-4-3-5-8-15/h3-14H,1-2H3,(H,25,27)(H,26,28). The minimum absolute atomic E-state index is 0.0713. The lowest BCUT2D eigenvalue weighted by atomic mass is 10.1. The molecule has 0 aromatic heterocycles. The third-order valence-electron chi connectivity index (χ3n) is 4.51. The first-order chi connectivity index (χ1) is 15.4. The summed E-state index contributed by atoms with van der Waals surface area (Å²) in [6, 6.07) is 19.1. The van der Waals surface area contributed by atoms with E-state index in [0.29, 0.717) is 11.3 Å². The van der Waals surface area contributed by atoms with E-state index < -0.39 is 17.8 Å². The summed E-state index contributed by atoms with van der Waals surface area (Å²) in [6.07, 6.45) is 0. The molecule has 0 aliphatic heterocycles. The van der Waals surface area contributed by atoms with E-state index in [9.17, 15) is 19.2 Å². The van der Waals surface area contributed by atoms with Crippen LogP contribution >= 0.6 is 0 Å². The lowest BCUT2D eigenvalue weighted by molar-refractivity contribution is 0.0587. The van der Waals surface area contributed by atoms with E-state index >= 15 is 0 Å². The van der Waals surface area contributed by atoms with Crippen LogP contribution in [0.25, 0.3) is 0 Å². The van der Waals surface area contributed by atoms with Gasteiger partial charge in [0.15, 0.2) is 0 Å². The van der Waals surface area contributed by atoms with Gasteiger partial charge >= 0.3 is 11.9 Å². The second-order valence-electron chi connectivity index (χ2n) is 6.60. The molecule has 2 amide bonds. The molecule has 0 fully saturated rings. The highest BCUT2D eigenvalue weighted by atomic mass is 16.5. The molecule has 3 rings (SSSR count). The quantitative estimate of drug-likeness (QED) is 0.574. The molecule has 0 unspecified atom stereocenters. The third-order valence-corrected chi connectivity index (χ3v) is 4.51. The number of benzene rings is 3. The number of rotatable bonds is 6. The van der Waals surface area contributed by atoms with E-state index in [2.05, 4.69) is 15.4 Å². The van der Waals surface area contributed by atoms with Crippen LogP contribution in [0.2, 0.25) is 0 Å². The highest BCUT2D eigenvalue weighted by Gasteiger charge is 2.18. The van der Waals surface area contributed by atoms with E-state index in [1.54, 1.807) is 48.5 Å². The Hall–Kier alpha value is -4.46. The molecular formula is C24H20N2O6. The molecule has 3 aromatic rings. The molecule has 0 spiro atoms. The second kappa shape index (κ2) is 10.0. The molecule has 0 saturated carbocycles. The average molecular weight is 432 g/mol. The molecule has 32 heavy (non-hydrogen) atoms. The Morgan fingerprint density at radius 1 is 0.625 bits per heavy atom. The van der Waals surface area contributed by atoms with Crippen LogP contribution in [0.5, 0.6) is 0 Å². The number of ether oxygens (including phenoxy) is 2. The fraction of sp³-hybridized carbons (Fsp3) is 0.0833. The van der Waals surface area contributed by atoms with E-state index in [1.807, 2.05) is 0 Å². The number of carbonyl (C=O) groups excluding carboxylic acids is 4. The van der Waals surface area contributed by atoms with Crippen LogP contribution in [0.3, 0.4) is 0 Å². The smallest absolute Gasteiger partial charge is 0.339 e. The molecule has 8 nitrogen and oxygen atoms in total. The third kappa shape index (κ3) is 5.17. The minimum atomic E-state index is -0.680. The maximum Gasteiger partial charge on any atom is 0.339 e. The highest BCUT2D eigenvalue weighted by molar-refractivity contribution is 6.10. The van der Waals surface area contributed by atoms with Gasteiger partial charge in [0.1, 0.15) is 0 Å². The largest absolute Gasteiger partial charge is 0.465 e. The minimum Gasteiger partial charge on any atom is -0.465 e. The van der Waals surface area contributed by atoms with E-state index in [-0.39, 0.29) is 28.3 Å². The molecule has 0 aliphatic carbocycles. The van der Waals surface area contributed by atoms with Crippen molar-refractivity contribution in [2.75, 3.05) is 24.9 Å². The van der Waals surface area contributed by atoms with Gasteiger partial charge in [-0.1, -0.05) is 24.3 Å². The van der Waals surface area contributed by atoms with Crippen molar-refractivity contribution in [3.05, 3.63) is 95.1 Å². The number of amides is 2. The molecule has 3 aromatic carbocycles. The summed E-state index contributed by atoms with van der Waals surface area (Å²) >= 11 is 0. The van der Waals surface area contributed by atoms with Crippen molar-refractivity contribution in [1.29, 1.82) is 0 Å². The number of carbonyl (C=O) groups is 4. The van der Waals surface area contributed by atoms with Gasteiger partial charge < -0.3 is 20.1 Å². The number of anilines is 2. The van der Waals surface area contributed by atoms with Gasteiger partial charge in [0, 0.05) is 16.8 Å². The monoisotopic (exact) mass is 432 g/mol.